The number of halogens is 1. The van der Waals surface area contributed by atoms with Crippen LogP contribution < -0.4 is 5.73 Å². The van der Waals surface area contributed by atoms with Crippen molar-refractivity contribution < 1.29 is 0 Å². The van der Waals surface area contributed by atoms with Crippen molar-refractivity contribution in [2.75, 3.05) is 5.73 Å². The maximum Gasteiger partial charge on any atom is 0.255 e. The van der Waals surface area contributed by atoms with E-state index in [9.17, 15) is 0 Å². The molecule has 0 radical (unpaired) electrons. The lowest BCUT2D eigenvalue weighted by molar-refractivity contribution is 0.954. The summed E-state index contributed by atoms with van der Waals surface area (Å²) in [5, 5.41) is 4.33. The molecule has 0 atom stereocenters. The first-order valence-corrected chi connectivity index (χ1v) is 5.35. The number of aromatic nitrogens is 4. The second-order valence-electron chi connectivity index (χ2n) is 3.50. The normalized spacial score (nSPS) is 10.9. The Bertz CT molecular complexity index is 677. The molecule has 3 aromatic rings. The molecule has 2 heterocycles. The Hall–Kier alpha value is -2.14. The highest BCUT2D eigenvalue weighted by molar-refractivity contribution is 6.32. The Balaban J connectivity index is 2.36. The van der Waals surface area contributed by atoms with Crippen molar-refractivity contribution >= 4 is 23.2 Å². The van der Waals surface area contributed by atoms with E-state index < -0.39 is 0 Å². The van der Waals surface area contributed by atoms with E-state index in [4.69, 9.17) is 17.3 Å². The van der Waals surface area contributed by atoms with Gasteiger partial charge in [-0.1, -0.05) is 41.9 Å². The fourth-order valence-electron chi connectivity index (χ4n) is 1.71. The molecule has 0 unspecified atom stereocenters. The summed E-state index contributed by atoms with van der Waals surface area (Å²) >= 11 is 6.13. The van der Waals surface area contributed by atoms with Crippen LogP contribution in [0.2, 0.25) is 5.15 Å². The fraction of sp³-hybridized carbons (Fsp3) is 0. The summed E-state index contributed by atoms with van der Waals surface area (Å²) < 4.78 is 1.47. The van der Waals surface area contributed by atoms with Crippen LogP contribution in [0.3, 0.4) is 0 Å². The molecule has 0 aliphatic heterocycles. The summed E-state index contributed by atoms with van der Waals surface area (Å²) in [7, 11) is 0. The van der Waals surface area contributed by atoms with E-state index in [2.05, 4.69) is 15.1 Å². The van der Waals surface area contributed by atoms with Crippen molar-refractivity contribution in [1.82, 2.24) is 19.6 Å². The van der Waals surface area contributed by atoms with Gasteiger partial charge < -0.3 is 5.73 Å². The van der Waals surface area contributed by atoms with Crippen LogP contribution in [0.4, 0.5) is 5.82 Å². The molecule has 0 amide bonds. The zero-order valence-electron chi connectivity index (χ0n) is 8.71. The number of anilines is 1. The van der Waals surface area contributed by atoms with Gasteiger partial charge in [-0.25, -0.2) is 0 Å². The Labute approximate surface area is 102 Å². The summed E-state index contributed by atoms with van der Waals surface area (Å²) in [5.74, 6) is 0.830. The topological polar surface area (TPSA) is 69.1 Å². The van der Waals surface area contributed by atoms with E-state index >= 15 is 0 Å². The Morgan fingerprint density at radius 2 is 1.94 bits per heavy atom. The molecule has 0 saturated heterocycles. The molecule has 1 aromatic carbocycles. The first-order chi connectivity index (χ1) is 8.27. The number of nitrogens with zero attached hydrogens (tertiary/aromatic N) is 4. The van der Waals surface area contributed by atoms with Crippen LogP contribution in [0.5, 0.6) is 0 Å². The monoisotopic (exact) mass is 245 g/mol. The standard InChI is InChI=1S/C11H8ClN5/c12-9-8(7-4-2-1-3-5-7)10(13)17-11(16-9)14-6-15-17/h1-6H,13H2. The molecular formula is C11H8ClN5. The van der Waals surface area contributed by atoms with Gasteiger partial charge in [0.05, 0.1) is 5.56 Å². The van der Waals surface area contributed by atoms with Crippen LogP contribution >= 0.6 is 11.6 Å². The molecule has 0 spiro atoms. The highest BCUT2D eigenvalue weighted by Crippen LogP contribution is 2.31. The van der Waals surface area contributed by atoms with Gasteiger partial charge in [-0.05, 0) is 5.56 Å². The van der Waals surface area contributed by atoms with Gasteiger partial charge in [-0.15, -0.1) is 0 Å². The van der Waals surface area contributed by atoms with E-state index in [1.807, 2.05) is 30.3 Å². The van der Waals surface area contributed by atoms with Crippen LogP contribution in [-0.2, 0) is 0 Å². The average Bonchev–Trinajstić information content (AvgIpc) is 2.78. The molecule has 84 valence electrons. The number of benzene rings is 1. The van der Waals surface area contributed by atoms with E-state index in [0.29, 0.717) is 22.3 Å². The van der Waals surface area contributed by atoms with Crippen LogP contribution in [0.25, 0.3) is 16.9 Å². The van der Waals surface area contributed by atoms with Crippen molar-refractivity contribution in [2.24, 2.45) is 0 Å². The average molecular weight is 246 g/mol. The second-order valence-corrected chi connectivity index (χ2v) is 3.86. The number of nitrogens with two attached hydrogens (primary N) is 1. The number of hydrogen-bond donors (Lipinski definition) is 1. The predicted octanol–water partition coefficient (Wildman–Crippen LogP) is 2.03. The Morgan fingerprint density at radius 3 is 2.71 bits per heavy atom. The van der Waals surface area contributed by atoms with Gasteiger partial charge in [0.15, 0.2) is 0 Å². The summed E-state index contributed by atoms with van der Waals surface area (Å²) in [6.45, 7) is 0. The lowest BCUT2D eigenvalue weighted by atomic mass is 10.1. The highest BCUT2D eigenvalue weighted by Gasteiger charge is 2.14. The van der Waals surface area contributed by atoms with Gasteiger partial charge in [-0.3, -0.25) is 0 Å². The molecule has 0 aliphatic rings. The first-order valence-electron chi connectivity index (χ1n) is 4.97. The minimum atomic E-state index is 0.328. The fourth-order valence-corrected chi connectivity index (χ4v) is 1.99. The Morgan fingerprint density at radius 1 is 1.18 bits per heavy atom. The van der Waals surface area contributed by atoms with Crippen LogP contribution in [-0.4, -0.2) is 19.6 Å². The van der Waals surface area contributed by atoms with E-state index in [1.165, 1.54) is 10.8 Å². The molecule has 0 fully saturated rings. The smallest absolute Gasteiger partial charge is 0.255 e. The van der Waals surface area contributed by atoms with Crippen molar-refractivity contribution in [3.05, 3.63) is 41.8 Å². The Kier molecular flexibility index (Phi) is 2.19. The maximum absolute atomic E-state index is 6.13. The second kappa shape index (κ2) is 3.71. The number of rotatable bonds is 1. The third kappa shape index (κ3) is 1.52. The third-order valence-electron chi connectivity index (χ3n) is 2.48. The van der Waals surface area contributed by atoms with Gasteiger partial charge in [0.1, 0.15) is 17.3 Å². The molecule has 0 saturated carbocycles. The summed E-state index contributed by atoms with van der Waals surface area (Å²) in [6, 6.07) is 9.59. The minimum absolute atomic E-state index is 0.328. The predicted molar refractivity (Wildman–Crippen MR) is 65.6 cm³/mol. The van der Waals surface area contributed by atoms with Gasteiger partial charge in [0.2, 0.25) is 0 Å². The zero-order chi connectivity index (χ0) is 11.8. The van der Waals surface area contributed by atoms with Gasteiger partial charge in [-0.2, -0.15) is 19.6 Å². The molecule has 6 heteroatoms. The number of nitrogen functional groups attached to an aromatic ring is 1. The largest absolute Gasteiger partial charge is 0.383 e. The van der Waals surface area contributed by atoms with E-state index in [-0.39, 0.29) is 0 Å². The summed E-state index contributed by atoms with van der Waals surface area (Å²) in [5.41, 5.74) is 7.61. The maximum atomic E-state index is 6.13. The lowest BCUT2D eigenvalue weighted by Gasteiger charge is -2.08. The van der Waals surface area contributed by atoms with E-state index in [1.54, 1.807) is 0 Å². The molecule has 2 N–H and O–H groups in total. The van der Waals surface area contributed by atoms with Crippen molar-refractivity contribution in [2.45, 2.75) is 0 Å². The number of fused-ring (bicyclic) bond motifs is 1. The lowest BCUT2D eigenvalue weighted by Crippen LogP contribution is -2.04. The quantitative estimate of drug-likeness (QED) is 0.666. The van der Waals surface area contributed by atoms with Gasteiger partial charge >= 0.3 is 0 Å². The first kappa shape index (κ1) is 10.0. The molecular weight excluding hydrogens is 238 g/mol. The molecule has 3 rings (SSSR count). The van der Waals surface area contributed by atoms with Crippen molar-refractivity contribution in [3.8, 4) is 11.1 Å². The summed E-state index contributed by atoms with van der Waals surface area (Å²) in [4.78, 5) is 8.10. The molecule has 0 aliphatic carbocycles. The van der Waals surface area contributed by atoms with Crippen molar-refractivity contribution in [3.63, 3.8) is 0 Å². The van der Waals surface area contributed by atoms with Crippen LogP contribution in [0.15, 0.2) is 36.7 Å². The van der Waals surface area contributed by atoms with Crippen molar-refractivity contribution in [1.29, 1.82) is 0 Å². The zero-order valence-corrected chi connectivity index (χ0v) is 9.46. The molecule has 0 bridgehead atoms. The highest BCUT2D eigenvalue weighted by atomic mass is 35.5. The van der Waals surface area contributed by atoms with Crippen LogP contribution in [0.1, 0.15) is 0 Å². The van der Waals surface area contributed by atoms with Crippen LogP contribution in [0, 0.1) is 0 Å². The minimum Gasteiger partial charge on any atom is -0.383 e. The van der Waals surface area contributed by atoms with E-state index in [0.717, 1.165) is 5.56 Å². The van der Waals surface area contributed by atoms with Gasteiger partial charge in [0, 0.05) is 0 Å². The van der Waals surface area contributed by atoms with Gasteiger partial charge in [0.25, 0.3) is 5.78 Å². The number of hydrogen-bond acceptors (Lipinski definition) is 4. The molecule has 2 aromatic heterocycles. The molecule has 5 nitrogen and oxygen atoms in total. The third-order valence-corrected chi connectivity index (χ3v) is 2.75. The summed E-state index contributed by atoms with van der Waals surface area (Å²) in [6.07, 6.45) is 1.39. The SMILES string of the molecule is Nc1c(-c2ccccc2)c(Cl)nc2ncnn12. The molecule has 17 heavy (non-hydrogen) atoms.